The standard InChI is InChI=1S/C25H29ClN2O9/c1-13-10-15(29)11-18(32-3)25(13)23(30)20-17(33-8-9-35-19-6-4-5-7-34-19)12-16(21(26)22(20)36-25)24(31)37-28-14(2)27/h11-13,19H,4-10H2,1-3H3,(H2,27,28)/t13-,19?,25+/m1/s1. The van der Waals surface area contributed by atoms with Crippen LogP contribution in [0, 0.1) is 5.92 Å². The Morgan fingerprint density at radius 3 is 2.76 bits per heavy atom. The van der Waals surface area contributed by atoms with Gasteiger partial charge in [0.05, 0.1) is 24.3 Å². The van der Waals surface area contributed by atoms with E-state index < -0.39 is 23.3 Å². The number of carbonyl (C=O) groups excluding carboxylic acids is 3. The quantitative estimate of drug-likeness (QED) is 0.173. The highest BCUT2D eigenvalue weighted by molar-refractivity contribution is 6.36. The first-order valence-corrected chi connectivity index (χ1v) is 12.3. The monoisotopic (exact) mass is 536 g/mol. The fourth-order valence-electron chi connectivity index (χ4n) is 4.61. The van der Waals surface area contributed by atoms with Crippen molar-refractivity contribution in [3.05, 3.63) is 34.1 Å². The number of rotatable bonds is 8. The van der Waals surface area contributed by atoms with E-state index in [0.717, 1.165) is 19.3 Å². The summed E-state index contributed by atoms with van der Waals surface area (Å²) in [6.07, 6.45) is 3.76. The molecule has 1 unspecified atom stereocenters. The summed E-state index contributed by atoms with van der Waals surface area (Å²) >= 11 is 6.55. The molecule has 1 fully saturated rings. The van der Waals surface area contributed by atoms with E-state index in [1.165, 1.54) is 26.2 Å². The zero-order valence-electron chi connectivity index (χ0n) is 20.8. The smallest absolute Gasteiger partial charge is 0.367 e. The molecule has 11 nitrogen and oxygen atoms in total. The molecule has 0 radical (unpaired) electrons. The number of amidine groups is 1. The van der Waals surface area contributed by atoms with Gasteiger partial charge in [-0.2, -0.15) is 0 Å². The number of hydrogen-bond donors (Lipinski definition) is 1. The van der Waals surface area contributed by atoms with Crippen molar-refractivity contribution in [3.63, 3.8) is 0 Å². The summed E-state index contributed by atoms with van der Waals surface area (Å²) in [5.74, 6) is -2.20. The number of oxime groups is 1. The second kappa shape index (κ2) is 11.1. The van der Waals surface area contributed by atoms with Crippen LogP contribution in [0.25, 0.3) is 0 Å². The van der Waals surface area contributed by atoms with Crippen LogP contribution in [-0.4, -0.2) is 62.2 Å². The van der Waals surface area contributed by atoms with E-state index in [2.05, 4.69) is 5.16 Å². The lowest BCUT2D eigenvalue weighted by Gasteiger charge is -2.36. The zero-order valence-corrected chi connectivity index (χ0v) is 21.6. The van der Waals surface area contributed by atoms with Crippen LogP contribution >= 0.6 is 11.6 Å². The minimum atomic E-state index is -1.65. The van der Waals surface area contributed by atoms with Crippen LogP contribution < -0.4 is 15.2 Å². The van der Waals surface area contributed by atoms with Gasteiger partial charge in [0.25, 0.3) is 0 Å². The van der Waals surface area contributed by atoms with Crippen molar-refractivity contribution in [2.75, 3.05) is 26.9 Å². The predicted molar refractivity (Wildman–Crippen MR) is 131 cm³/mol. The molecule has 1 aromatic rings. The fraction of sp³-hybridized carbons (Fsp3) is 0.520. The molecular weight excluding hydrogens is 508 g/mol. The lowest BCUT2D eigenvalue weighted by molar-refractivity contribution is -0.165. The summed E-state index contributed by atoms with van der Waals surface area (Å²) in [5, 5.41) is 3.30. The number of halogens is 1. The maximum Gasteiger partial charge on any atom is 0.367 e. The number of allylic oxidation sites excluding steroid dienone is 1. The van der Waals surface area contributed by atoms with Gasteiger partial charge in [-0.05, 0) is 32.3 Å². The van der Waals surface area contributed by atoms with E-state index in [1.807, 2.05) is 0 Å². The predicted octanol–water partition coefficient (Wildman–Crippen LogP) is 3.16. The van der Waals surface area contributed by atoms with Gasteiger partial charge >= 0.3 is 5.97 Å². The van der Waals surface area contributed by atoms with Crippen LogP contribution in [0.2, 0.25) is 5.02 Å². The van der Waals surface area contributed by atoms with E-state index in [0.29, 0.717) is 6.61 Å². The number of methoxy groups -OCH3 is 1. The van der Waals surface area contributed by atoms with Crippen molar-refractivity contribution in [1.29, 1.82) is 0 Å². The summed E-state index contributed by atoms with van der Waals surface area (Å²) in [6, 6.07) is 1.29. The van der Waals surface area contributed by atoms with Crippen LogP contribution in [-0.2, 0) is 23.8 Å². The Hall–Kier alpha value is -3.15. The van der Waals surface area contributed by atoms with Crippen LogP contribution in [0.5, 0.6) is 11.5 Å². The molecule has 37 heavy (non-hydrogen) atoms. The third-order valence-corrected chi connectivity index (χ3v) is 6.74. The molecule has 0 bridgehead atoms. The van der Waals surface area contributed by atoms with Crippen molar-refractivity contribution in [1.82, 2.24) is 0 Å². The SMILES string of the molecule is COC1=CC(=O)C[C@@H](C)[C@]12Oc1c(Cl)c(C(=O)O/N=C(/C)N)cc(OCCOC3CCCCO3)c1C2=O. The molecule has 0 saturated carbocycles. The van der Waals surface area contributed by atoms with Crippen molar-refractivity contribution >= 4 is 35.0 Å². The first-order chi connectivity index (χ1) is 17.7. The Morgan fingerprint density at radius 1 is 1.30 bits per heavy atom. The average Bonchev–Trinajstić information content (AvgIpc) is 3.19. The molecule has 1 aromatic carbocycles. The zero-order chi connectivity index (χ0) is 26.7. The third-order valence-electron chi connectivity index (χ3n) is 6.37. The molecule has 2 heterocycles. The Bertz CT molecular complexity index is 1160. The number of ketones is 2. The second-order valence-corrected chi connectivity index (χ2v) is 9.40. The Labute approximate surface area is 218 Å². The molecule has 1 aliphatic carbocycles. The maximum atomic E-state index is 13.9. The van der Waals surface area contributed by atoms with E-state index in [9.17, 15) is 14.4 Å². The first kappa shape index (κ1) is 26.9. The molecule has 12 heteroatoms. The van der Waals surface area contributed by atoms with Gasteiger partial charge in [-0.3, -0.25) is 9.59 Å². The average molecular weight is 537 g/mol. The number of carbonyl (C=O) groups is 3. The largest absolute Gasteiger partial charge is 0.496 e. The van der Waals surface area contributed by atoms with E-state index in [1.54, 1.807) is 6.92 Å². The van der Waals surface area contributed by atoms with Gasteiger partial charge < -0.3 is 34.3 Å². The fourth-order valence-corrected chi connectivity index (χ4v) is 4.88. The van der Waals surface area contributed by atoms with Gasteiger partial charge in [-0.15, -0.1) is 0 Å². The van der Waals surface area contributed by atoms with Gasteiger partial charge in [0.1, 0.15) is 23.8 Å². The lowest BCUT2D eigenvalue weighted by Crippen LogP contribution is -2.51. The highest BCUT2D eigenvalue weighted by atomic mass is 35.5. The van der Waals surface area contributed by atoms with Crippen LogP contribution in [0.4, 0.5) is 0 Å². The molecule has 2 N–H and O–H groups in total. The van der Waals surface area contributed by atoms with Gasteiger partial charge in [0, 0.05) is 25.0 Å². The van der Waals surface area contributed by atoms with Crippen LogP contribution in [0.15, 0.2) is 23.1 Å². The lowest BCUT2D eigenvalue weighted by atomic mass is 9.75. The number of ether oxygens (including phenoxy) is 5. The Balaban J connectivity index is 1.69. The number of nitrogens with two attached hydrogens (primary N) is 1. The molecule has 0 amide bonds. The van der Waals surface area contributed by atoms with Crippen molar-refractivity contribution in [2.24, 2.45) is 16.8 Å². The maximum absolute atomic E-state index is 13.9. The van der Waals surface area contributed by atoms with Gasteiger partial charge in [0.15, 0.2) is 23.6 Å². The van der Waals surface area contributed by atoms with Crippen molar-refractivity contribution < 1.29 is 42.9 Å². The number of fused-ring (bicyclic) bond motifs is 1. The summed E-state index contributed by atoms with van der Waals surface area (Å²) in [7, 11) is 1.35. The highest BCUT2D eigenvalue weighted by Gasteiger charge is 2.60. The molecule has 4 rings (SSSR count). The van der Waals surface area contributed by atoms with Crippen molar-refractivity contribution in [3.8, 4) is 11.5 Å². The Morgan fingerprint density at radius 2 is 2.08 bits per heavy atom. The minimum absolute atomic E-state index is 0.0186. The molecule has 3 atom stereocenters. The molecule has 1 spiro atoms. The Kier molecular flexibility index (Phi) is 8.05. The van der Waals surface area contributed by atoms with E-state index in [-0.39, 0.29) is 71.0 Å². The highest BCUT2D eigenvalue weighted by Crippen LogP contribution is 2.53. The number of Topliss-reactive ketones (excluding diaryl/α,β-unsaturated/α-hetero) is 1. The number of nitrogens with zero attached hydrogens (tertiary/aromatic N) is 1. The van der Waals surface area contributed by atoms with Crippen LogP contribution in [0.1, 0.15) is 60.2 Å². The second-order valence-electron chi connectivity index (χ2n) is 9.02. The first-order valence-electron chi connectivity index (χ1n) is 12.0. The molecule has 2 aliphatic heterocycles. The summed E-state index contributed by atoms with van der Waals surface area (Å²) < 4.78 is 28.8. The molecule has 0 aromatic heterocycles. The molecule has 200 valence electrons. The van der Waals surface area contributed by atoms with Crippen molar-refractivity contribution in [2.45, 2.75) is 51.4 Å². The van der Waals surface area contributed by atoms with Gasteiger partial charge in [0.2, 0.25) is 11.4 Å². The number of benzene rings is 1. The summed E-state index contributed by atoms with van der Waals surface area (Å²) in [5.41, 5.74) is 3.69. The topological polar surface area (TPSA) is 145 Å². The van der Waals surface area contributed by atoms with Gasteiger partial charge in [-0.25, -0.2) is 4.79 Å². The summed E-state index contributed by atoms with van der Waals surface area (Å²) in [4.78, 5) is 43.7. The molecular formula is C25H29ClN2O9. The minimum Gasteiger partial charge on any atom is -0.496 e. The molecule has 1 saturated heterocycles. The molecule has 3 aliphatic rings. The third kappa shape index (κ3) is 5.16. The van der Waals surface area contributed by atoms with E-state index in [4.69, 9.17) is 45.9 Å². The van der Waals surface area contributed by atoms with Crippen LogP contribution in [0.3, 0.4) is 0 Å². The summed E-state index contributed by atoms with van der Waals surface area (Å²) in [6.45, 7) is 4.00. The normalized spacial score (nSPS) is 25.4. The van der Waals surface area contributed by atoms with E-state index >= 15 is 0 Å². The van der Waals surface area contributed by atoms with Gasteiger partial charge in [-0.1, -0.05) is 23.7 Å². The number of hydrogen-bond acceptors (Lipinski definition) is 10.